The lowest BCUT2D eigenvalue weighted by Gasteiger charge is -2.19. The molecule has 0 heterocycles. The Morgan fingerprint density at radius 2 is 2.05 bits per heavy atom. The molecule has 5 nitrogen and oxygen atoms in total. The van der Waals surface area contributed by atoms with E-state index in [0.29, 0.717) is 18.9 Å². The van der Waals surface area contributed by atoms with Gasteiger partial charge in [0, 0.05) is 12.1 Å². The maximum absolute atomic E-state index is 11.6. The van der Waals surface area contributed by atoms with Crippen molar-refractivity contribution < 1.29 is 19.0 Å². The lowest BCUT2D eigenvalue weighted by Crippen LogP contribution is -2.35. The van der Waals surface area contributed by atoms with Crippen molar-refractivity contribution in [2.45, 2.75) is 37.8 Å². The van der Waals surface area contributed by atoms with E-state index < -0.39 is 0 Å². The third kappa shape index (κ3) is 4.63. The summed E-state index contributed by atoms with van der Waals surface area (Å²) < 4.78 is 15.4. The van der Waals surface area contributed by atoms with E-state index in [0.717, 1.165) is 17.1 Å². The number of hydrogen-bond donors (Lipinski definition) is 1. The van der Waals surface area contributed by atoms with Gasteiger partial charge in [0.25, 0.3) is 0 Å². The lowest BCUT2D eigenvalue weighted by molar-refractivity contribution is -0.141. The van der Waals surface area contributed by atoms with Gasteiger partial charge in [0.15, 0.2) is 0 Å². The fourth-order valence-corrected chi connectivity index (χ4v) is 2.36. The molecule has 0 spiro atoms. The van der Waals surface area contributed by atoms with Crippen LogP contribution in [0.15, 0.2) is 18.2 Å². The molecule has 0 amide bonds. The van der Waals surface area contributed by atoms with Crippen LogP contribution in [0.4, 0.5) is 0 Å². The van der Waals surface area contributed by atoms with Gasteiger partial charge in [0.2, 0.25) is 0 Å². The van der Waals surface area contributed by atoms with Crippen molar-refractivity contribution in [3.63, 3.8) is 0 Å². The minimum atomic E-state index is -0.199. The number of carbonyl (C=O) groups excluding carboxylic acids is 1. The van der Waals surface area contributed by atoms with Crippen molar-refractivity contribution in [3.8, 4) is 11.5 Å². The Hall–Kier alpha value is -1.75. The number of hydrogen-bond acceptors (Lipinski definition) is 5. The number of benzene rings is 1. The van der Waals surface area contributed by atoms with Crippen LogP contribution in [0.1, 0.15) is 24.8 Å². The lowest BCUT2D eigenvalue weighted by atomic mass is 10.0. The van der Waals surface area contributed by atoms with Gasteiger partial charge in [0.1, 0.15) is 11.5 Å². The molecule has 0 radical (unpaired) electrons. The van der Waals surface area contributed by atoms with Crippen molar-refractivity contribution in [3.05, 3.63) is 23.8 Å². The molecule has 1 aromatic rings. The second kappa shape index (κ2) is 7.31. The minimum absolute atomic E-state index is 0.0472. The van der Waals surface area contributed by atoms with Crippen LogP contribution in [0, 0.1) is 0 Å². The van der Waals surface area contributed by atoms with Crippen LogP contribution >= 0.6 is 0 Å². The van der Waals surface area contributed by atoms with Crippen molar-refractivity contribution in [1.82, 2.24) is 5.32 Å². The van der Waals surface area contributed by atoms with Gasteiger partial charge in [-0.25, -0.2) is 0 Å². The Labute approximate surface area is 125 Å². The van der Waals surface area contributed by atoms with Gasteiger partial charge < -0.3 is 19.5 Å². The third-order valence-corrected chi connectivity index (χ3v) is 3.64. The maximum atomic E-state index is 11.6. The maximum Gasteiger partial charge on any atom is 0.307 e. The average molecular weight is 293 g/mol. The summed E-state index contributed by atoms with van der Waals surface area (Å²) in [5.74, 6) is 1.40. The molecule has 1 aliphatic rings. The van der Waals surface area contributed by atoms with Gasteiger partial charge in [-0.2, -0.15) is 0 Å². The molecule has 0 aromatic heterocycles. The summed E-state index contributed by atoms with van der Waals surface area (Å²) in [5, 5.41) is 3.50. The highest BCUT2D eigenvalue weighted by molar-refractivity contribution is 5.70. The minimum Gasteiger partial charge on any atom is -0.497 e. The zero-order chi connectivity index (χ0) is 15.2. The highest BCUT2D eigenvalue weighted by Crippen LogP contribution is 2.27. The standard InChI is InChI=1S/C16H23NO4/c1-19-14-6-7-15(20-2)11(9-14)8-13(10-16(18)21-3)17-12-4-5-12/h6-7,9,12-13,17H,4-5,8,10H2,1-3H3. The van der Waals surface area contributed by atoms with Gasteiger partial charge in [-0.1, -0.05) is 0 Å². The van der Waals surface area contributed by atoms with Crippen molar-refractivity contribution in [2.24, 2.45) is 0 Å². The van der Waals surface area contributed by atoms with Crippen LogP contribution < -0.4 is 14.8 Å². The first-order valence-corrected chi connectivity index (χ1v) is 7.20. The Kier molecular flexibility index (Phi) is 5.44. The topological polar surface area (TPSA) is 56.8 Å². The Morgan fingerprint density at radius 1 is 1.29 bits per heavy atom. The van der Waals surface area contributed by atoms with Gasteiger partial charge in [0.05, 0.1) is 27.8 Å². The van der Waals surface area contributed by atoms with E-state index in [-0.39, 0.29) is 12.0 Å². The fourth-order valence-electron chi connectivity index (χ4n) is 2.36. The quantitative estimate of drug-likeness (QED) is 0.742. The number of ether oxygens (including phenoxy) is 3. The Balaban J connectivity index is 2.11. The molecule has 0 bridgehead atoms. The molecule has 1 saturated carbocycles. The van der Waals surface area contributed by atoms with Crippen LogP contribution in [-0.4, -0.2) is 39.4 Å². The molecule has 1 aliphatic carbocycles. The van der Waals surface area contributed by atoms with Gasteiger partial charge in [-0.15, -0.1) is 0 Å². The largest absolute Gasteiger partial charge is 0.497 e. The normalized spacial score (nSPS) is 15.4. The molecule has 116 valence electrons. The van der Waals surface area contributed by atoms with E-state index in [9.17, 15) is 4.79 Å². The van der Waals surface area contributed by atoms with Crippen molar-refractivity contribution >= 4 is 5.97 Å². The third-order valence-electron chi connectivity index (χ3n) is 3.64. The predicted molar refractivity (Wildman–Crippen MR) is 79.8 cm³/mol. The Bertz CT molecular complexity index is 485. The molecule has 0 saturated heterocycles. The summed E-state index contributed by atoms with van der Waals surface area (Å²) in [7, 11) is 4.71. The van der Waals surface area contributed by atoms with Gasteiger partial charge in [-0.3, -0.25) is 4.79 Å². The summed E-state index contributed by atoms with van der Waals surface area (Å²) in [6.45, 7) is 0. The average Bonchev–Trinajstić information content (AvgIpc) is 3.30. The highest BCUT2D eigenvalue weighted by Gasteiger charge is 2.26. The summed E-state index contributed by atoms with van der Waals surface area (Å²) in [4.78, 5) is 11.6. The smallest absolute Gasteiger partial charge is 0.307 e. The number of rotatable bonds is 8. The van der Waals surface area contributed by atoms with E-state index in [1.807, 2.05) is 18.2 Å². The number of esters is 1. The molecular weight excluding hydrogens is 270 g/mol. The molecule has 1 N–H and O–H groups in total. The van der Waals surface area contributed by atoms with E-state index in [1.54, 1.807) is 14.2 Å². The van der Waals surface area contributed by atoms with E-state index in [1.165, 1.54) is 20.0 Å². The first-order valence-electron chi connectivity index (χ1n) is 7.20. The monoisotopic (exact) mass is 293 g/mol. The van der Waals surface area contributed by atoms with Gasteiger partial charge >= 0.3 is 5.97 Å². The zero-order valence-electron chi connectivity index (χ0n) is 12.8. The molecule has 0 aliphatic heterocycles. The fraction of sp³-hybridized carbons (Fsp3) is 0.562. The van der Waals surface area contributed by atoms with E-state index in [2.05, 4.69) is 5.32 Å². The second-order valence-corrected chi connectivity index (χ2v) is 5.30. The summed E-state index contributed by atoms with van der Waals surface area (Å²) in [5.41, 5.74) is 1.03. The van der Waals surface area contributed by atoms with Crippen LogP contribution in [-0.2, 0) is 16.0 Å². The molecule has 1 atom stereocenters. The van der Waals surface area contributed by atoms with E-state index >= 15 is 0 Å². The summed E-state index contributed by atoms with van der Waals surface area (Å²) >= 11 is 0. The first kappa shape index (κ1) is 15.6. The van der Waals surface area contributed by atoms with Crippen LogP contribution in [0.5, 0.6) is 11.5 Å². The van der Waals surface area contributed by atoms with Crippen LogP contribution in [0.2, 0.25) is 0 Å². The molecule has 1 aromatic carbocycles. The second-order valence-electron chi connectivity index (χ2n) is 5.30. The molecule has 21 heavy (non-hydrogen) atoms. The molecule has 1 unspecified atom stereocenters. The summed E-state index contributed by atoms with van der Waals surface area (Å²) in [6, 6.07) is 6.28. The molecule has 5 heteroatoms. The zero-order valence-corrected chi connectivity index (χ0v) is 12.8. The van der Waals surface area contributed by atoms with Crippen LogP contribution in [0.3, 0.4) is 0 Å². The first-order chi connectivity index (χ1) is 10.2. The number of methoxy groups -OCH3 is 3. The number of carbonyl (C=O) groups is 1. The predicted octanol–water partition coefficient (Wildman–Crippen LogP) is 1.93. The Morgan fingerprint density at radius 3 is 2.62 bits per heavy atom. The van der Waals surface area contributed by atoms with Crippen LogP contribution in [0.25, 0.3) is 0 Å². The molecule has 2 rings (SSSR count). The number of nitrogens with one attached hydrogen (secondary N) is 1. The SMILES string of the molecule is COC(=O)CC(Cc1cc(OC)ccc1OC)NC1CC1. The van der Waals surface area contributed by atoms with Crippen molar-refractivity contribution in [1.29, 1.82) is 0 Å². The van der Waals surface area contributed by atoms with Crippen molar-refractivity contribution in [2.75, 3.05) is 21.3 Å². The molecule has 1 fully saturated rings. The van der Waals surface area contributed by atoms with Gasteiger partial charge in [-0.05, 0) is 43.0 Å². The highest BCUT2D eigenvalue weighted by atomic mass is 16.5. The summed E-state index contributed by atoms with van der Waals surface area (Å²) in [6.07, 6.45) is 3.40. The van der Waals surface area contributed by atoms with E-state index in [4.69, 9.17) is 14.2 Å². The molecular formula is C16H23NO4.